The molecule has 8 heteroatoms. The van der Waals surface area contributed by atoms with Gasteiger partial charge in [-0.25, -0.2) is 19.0 Å². The summed E-state index contributed by atoms with van der Waals surface area (Å²) in [7, 11) is 0. The Hall–Kier alpha value is -2.28. The van der Waals surface area contributed by atoms with Gasteiger partial charge in [0.05, 0.1) is 6.54 Å². The number of aryl methyl sites for hydroxylation is 2. The van der Waals surface area contributed by atoms with E-state index in [-0.39, 0.29) is 12.4 Å². The van der Waals surface area contributed by atoms with E-state index in [0.29, 0.717) is 17.0 Å². The highest BCUT2D eigenvalue weighted by Gasteiger charge is 2.11. The number of halogens is 2. The molecule has 0 fully saturated rings. The van der Waals surface area contributed by atoms with Gasteiger partial charge >= 0.3 is 0 Å². The molecule has 0 bridgehead atoms. The van der Waals surface area contributed by atoms with Crippen molar-refractivity contribution in [3.05, 3.63) is 59.4 Å². The van der Waals surface area contributed by atoms with E-state index < -0.39 is 0 Å². The van der Waals surface area contributed by atoms with Crippen LogP contribution in [0.3, 0.4) is 0 Å². The maximum Gasteiger partial charge on any atom is 0.138 e. The van der Waals surface area contributed by atoms with E-state index in [2.05, 4.69) is 20.2 Å². The maximum absolute atomic E-state index is 13.8. The van der Waals surface area contributed by atoms with Crippen LogP contribution in [0.1, 0.15) is 17.8 Å². The molecule has 0 saturated heterocycles. The quantitative estimate of drug-likeness (QED) is 0.699. The van der Waals surface area contributed by atoms with Crippen molar-refractivity contribution in [1.82, 2.24) is 29.5 Å². The van der Waals surface area contributed by atoms with E-state index in [9.17, 15) is 4.39 Å². The topological polar surface area (TPSA) is 61.4 Å². The minimum atomic E-state index is -0.337. The van der Waals surface area contributed by atoms with Crippen LogP contribution in [-0.2, 0) is 19.5 Å². The Kier molecular flexibility index (Phi) is 4.43. The molecule has 3 aromatic rings. The van der Waals surface area contributed by atoms with Gasteiger partial charge in [0.25, 0.3) is 0 Å². The third-order valence-corrected chi connectivity index (χ3v) is 3.67. The van der Waals surface area contributed by atoms with Crippen LogP contribution in [0.15, 0.2) is 37.2 Å². The van der Waals surface area contributed by atoms with Gasteiger partial charge in [0.2, 0.25) is 0 Å². The maximum atomic E-state index is 13.8. The molecule has 0 unspecified atom stereocenters. The molecule has 0 amide bonds. The lowest BCUT2D eigenvalue weighted by atomic mass is 10.2. The van der Waals surface area contributed by atoms with Crippen LogP contribution < -0.4 is 0 Å². The minimum absolute atomic E-state index is 0.268. The molecule has 22 heavy (non-hydrogen) atoms. The Morgan fingerprint density at radius 2 is 2.09 bits per heavy atom. The van der Waals surface area contributed by atoms with Crippen molar-refractivity contribution in [1.29, 1.82) is 0 Å². The summed E-state index contributed by atoms with van der Waals surface area (Å²) in [5, 5.41) is 8.59. The second kappa shape index (κ2) is 6.65. The lowest BCUT2D eigenvalue weighted by Crippen LogP contribution is -2.10. The number of hydrogen-bond acceptors (Lipinski definition) is 4. The summed E-state index contributed by atoms with van der Waals surface area (Å²) in [6, 6.07) is 4.64. The van der Waals surface area contributed by atoms with Gasteiger partial charge in [-0.3, -0.25) is 4.68 Å². The summed E-state index contributed by atoms with van der Waals surface area (Å²) in [6.45, 7) is 1.01. The second-order valence-electron chi connectivity index (χ2n) is 4.80. The van der Waals surface area contributed by atoms with Crippen LogP contribution >= 0.6 is 11.6 Å². The lowest BCUT2D eigenvalue weighted by Gasteiger charge is -2.09. The van der Waals surface area contributed by atoms with Crippen LogP contribution in [0.5, 0.6) is 0 Å². The fourth-order valence-electron chi connectivity index (χ4n) is 2.19. The summed E-state index contributed by atoms with van der Waals surface area (Å²) in [4.78, 5) is 8.12. The Bertz CT molecular complexity index is 719. The summed E-state index contributed by atoms with van der Waals surface area (Å²) >= 11 is 6.05. The standard InChI is InChI=1S/C14H14ClFN6/c15-12-3-1-4-13(16)11(12)7-22-14(18-9-20-22)5-2-6-21-10-17-8-19-21/h1,3-4,8-10H,2,5-7H2. The fourth-order valence-corrected chi connectivity index (χ4v) is 2.42. The third kappa shape index (κ3) is 3.30. The summed E-state index contributed by atoms with van der Waals surface area (Å²) in [5.74, 6) is 0.455. The molecule has 6 nitrogen and oxygen atoms in total. The van der Waals surface area contributed by atoms with Gasteiger partial charge in [-0.1, -0.05) is 17.7 Å². The molecule has 2 aromatic heterocycles. The normalized spacial score (nSPS) is 11.0. The minimum Gasteiger partial charge on any atom is -0.253 e. The molecule has 0 spiro atoms. The predicted octanol–water partition coefficient (Wildman–Crippen LogP) is 2.34. The van der Waals surface area contributed by atoms with E-state index >= 15 is 0 Å². The molecule has 0 atom stereocenters. The molecule has 0 aliphatic carbocycles. The van der Waals surface area contributed by atoms with E-state index in [1.165, 1.54) is 18.7 Å². The van der Waals surface area contributed by atoms with Crippen molar-refractivity contribution >= 4 is 11.6 Å². The van der Waals surface area contributed by atoms with Crippen molar-refractivity contribution in [2.75, 3.05) is 0 Å². The molecule has 0 aliphatic rings. The fraction of sp³-hybridized carbons (Fsp3) is 0.286. The van der Waals surface area contributed by atoms with Gasteiger partial charge in [-0.15, -0.1) is 0 Å². The molecule has 2 heterocycles. The SMILES string of the molecule is Fc1cccc(Cl)c1Cn1ncnc1CCCn1cncn1. The zero-order chi connectivity index (χ0) is 15.4. The monoisotopic (exact) mass is 320 g/mol. The average molecular weight is 321 g/mol. The number of rotatable bonds is 6. The Labute approximate surface area is 131 Å². The highest BCUT2D eigenvalue weighted by Crippen LogP contribution is 2.20. The van der Waals surface area contributed by atoms with E-state index in [1.54, 1.807) is 27.8 Å². The van der Waals surface area contributed by atoms with E-state index in [1.807, 2.05) is 0 Å². The Morgan fingerprint density at radius 3 is 2.86 bits per heavy atom. The number of hydrogen-bond donors (Lipinski definition) is 0. The number of benzene rings is 1. The summed E-state index contributed by atoms with van der Waals surface area (Å²) in [5.41, 5.74) is 0.423. The first-order chi connectivity index (χ1) is 10.7. The van der Waals surface area contributed by atoms with Gasteiger partial charge in [0, 0.05) is 23.6 Å². The second-order valence-corrected chi connectivity index (χ2v) is 5.20. The number of aromatic nitrogens is 6. The van der Waals surface area contributed by atoms with Gasteiger partial charge in [-0.2, -0.15) is 10.2 Å². The van der Waals surface area contributed by atoms with E-state index in [0.717, 1.165) is 18.8 Å². The first kappa shape index (κ1) is 14.6. The first-order valence-corrected chi connectivity index (χ1v) is 7.24. The largest absolute Gasteiger partial charge is 0.253 e. The summed E-state index contributed by atoms with van der Waals surface area (Å²) in [6.07, 6.45) is 6.20. The van der Waals surface area contributed by atoms with Crippen LogP contribution in [0.2, 0.25) is 5.02 Å². The highest BCUT2D eigenvalue weighted by molar-refractivity contribution is 6.31. The zero-order valence-corrected chi connectivity index (χ0v) is 12.5. The van der Waals surface area contributed by atoms with Crippen LogP contribution in [-0.4, -0.2) is 29.5 Å². The molecule has 0 N–H and O–H groups in total. The van der Waals surface area contributed by atoms with Crippen LogP contribution in [0.4, 0.5) is 4.39 Å². The van der Waals surface area contributed by atoms with Crippen molar-refractivity contribution in [2.24, 2.45) is 0 Å². The van der Waals surface area contributed by atoms with Crippen molar-refractivity contribution in [3.8, 4) is 0 Å². The summed E-state index contributed by atoms with van der Waals surface area (Å²) < 4.78 is 17.3. The first-order valence-electron chi connectivity index (χ1n) is 6.86. The molecular formula is C14H14ClFN6. The smallest absolute Gasteiger partial charge is 0.138 e. The van der Waals surface area contributed by atoms with Gasteiger partial charge in [0.15, 0.2) is 0 Å². The average Bonchev–Trinajstić information content (AvgIpc) is 3.15. The van der Waals surface area contributed by atoms with Gasteiger partial charge < -0.3 is 0 Å². The number of nitrogens with zero attached hydrogens (tertiary/aromatic N) is 6. The molecule has 1 aromatic carbocycles. The van der Waals surface area contributed by atoms with Crippen molar-refractivity contribution < 1.29 is 4.39 Å². The van der Waals surface area contributed by atoms with Crippen LogP contribution in [0.25, 0.3) is 0 Å². The van der Waals surface area contributed by atoms with Crippen molar-refractivity contribution in [3.63, 3.8) is 0 Å². The molecule has 0 saturated carbocycles. The van der Waals surface area contributed by atoms with Gasteiger partial charge in [-0.05, 0) is 18.6 Å². The molecule has 0 aliphatic heterocycles. The molecule has 0 radical (unpaired) electrons. The zero-order valence-electron chi connectivity index (χ0n) is 11.7. The third-order valence-electron chi connectivity index (χ3n) is 3.32. The lowest BCUT2D eigenvalue weighted by molar-refractivity contribution is 0.540. The Balaban J connectivity index is 1.67. The highest BCUT2D eigenvalue weighted by atomic mass is 35.5. The Morgan fingerprint density at radius 1 is 1.18 bits per heavy atom. The van der Waals surface area contributed by atoms with Crippen LogP contribution in [0, 0.1) is 5.82 Å². The molecule has 3 rings (SSSR count). The van der Waals surface area contributed by atoms with E-state index in [4.69, 9.17) is 11.6 Å². The molecular weight excluding hydrogens is 307 g/mol. The van der Waals surface area contributed by atoms with Crippen molar-refractivity contribution in [2.45, 2.75) is 25.9 Å². The predicted molar refractivity (Wildman–Crippen MR) is 78.9 cm³/mol. The molecule has 114 valence electrons. The van der Waals surface area contributed by atoms with Gasteiger partial charge in [0.1, 0.15) is 30.6 Å².